The molecule has 0 aliphatic carbocycles. The third-order valence-corrected chi connectivity index (χ3v) is 3.93. The Morgan fingerprint density at radius 1 is 1.11 bits per heavy atom. The van der Waals surface area contributed by atoms with Crippen LogP contribution in [0.1, 0.15) is 21.6 Å². The zero-order valence-corrected chi connectivity index (χ0v) is 15.1. The lowest BCUT2D eigenvalue weighted by atomic mass is 10.1. The standard InChI is InChI=1S/C20H21N5O2/c1-27-17-6-2-4-15(10-17)7-9-22-19-11-18(24-14-25-19)20(26)23-13-16-5-3-8-21-12-16/h2-6,8,10-12,14H,7,9,13H2,1H3,(H,23,26)(H,22,24,25). The molecule has 7 nitrogen and oxygen atoms in total. The summed E-state index contributed by atoms with van der Waals surface area (Å²) >= 11 is 0. The summed E-state index contributed by atoms with van der Waals surface area (Å²) in [5.41, 5.74) is 2.40. The predicted molar refractivity (Wildman–Crippen MR) is 103 cm³/mol. The van der Waals surface area contributed by atoms with Crippen LogP contribution >= 0.6 is 0 Å². The maximum Gasteiger partial charge on any atom is 0.270 e. The van der Waals surface area contributed by atoms with Crippen LogP contribution in [0.5, 0.6) is 5.75 Å². The highest BCUT2D eigenvalue weighted by Crippen LogP contribution is 2.13. The number of aromatic nitrogens is 3. The van der Waals surface area contributed by atoms with E-state index in [2.05, 4.69) is 25.6 Å². The molecule has 27 heavy (non-hydrogen) atoms. The Labute approximate surface area is 157 Å². The number of amides is 1. The largest absolute Gasteiger partial charge is 0.497 e. The molecule has 0 spiro atoms. The van der Waals surface area contributed by atoms with E-state index in [0.717, 1.165) is 23.3 Å². The molecule has 0 saturated carbocycles. The number of hydrogen-bond donors (Lipinski definition) is 2. The van der Waals surface area contributed by atoms with Gasteiger partial charge in [-0.1, -0.05) is 18.2 Å². The molecule has 0 bridgehead atoms. The van der Waals surface area contributed by atoms with Crippen molar-refractivity contribution >= 4 is 11.7 Å². The monoisotopic (exact) mass is 363 g/mol. The first-order valence-electron chi connectivity index (χ1n) is 8.60. The number of benzene rings is 1. The van der Waals surface area contributed by atoms with Gasteiger partial charge in [-0.15, -0.1) is 0 Å². The van der Waals surface area contributed by atoms with Gasteiger partial charge in [0.15, 0.2) is 0 Å². The molecule has 0 aliphatic rings. The van der Waals surface area contributed by atoms with Crippen LogP contribution in [0.25, 0.3) is 0 Å². The molecule has 1 aromatic carbocycles. The number of hydrogen-bond acceptors (Lipinski definition) is 6. The Morgan fingerprint density at radius 2 is 2.00 bits per heavy atom. The van der Waals surface area contributed by atoms with Gasteiger partial charge in [-0.25, -0.2) is 9.97 Å². The molecular formula is C20H21N5O2. The molecule has 2 N–H and O–H groups in total. The van der Waals surface area contributed by atoms with Gasteiger partial charge in [0.2, 0.25) is 0 Å². The first-order valence-corrected chi connectivity index (χ1v) is 8.60. The highest BCUT2D eigenvalue weighted by molar-refractivity contribution is 5.92. The Morgan fingerprint density at radius 3 is 2.81 bits per heavy atom. The fraction of sp³-hybridized carbons (Fsp3) is 0.200. The molecule has 0 atom stereocenters. The van der Waals surface area contributed by atoms with E-state index in [1.165, 1.54) is 6.33 Å². The molecule has 3 rings (SSSR count). The predicted octanol–water partition coefficient (Wildman–Crippen LogP) is 2.46. The van der Waals surface area contributed by atoms with Crippen LogP contribution in [0.4, 0.5) is 5.82 Å². The van der Waals surface area contributed by atoms with Crippen molar-refractivity contribution in [3.63, 3.8) is 0 Å². The first-order chi connectivity index (χ1) is 13.2. The minimum Gasteiger partial charge on any atom is -0.497 e. The second-order valence-electron chi connectivity index (χ2n) is 5.86. The number of methoxy groups -OCH3 is 1. The van der Waals surface area contributed by atoms with Crippen LogP contribution in [0.15, 0.2) is 61.2 Å². The van der Waals surface area contributed by atoms with E-state index >= 15 is 0 Å². The van der Waals surface area contributed by atoms with Crippen LogP contribution < -0.4 is 15.4 Å². The van der Waals surface area contributed by atoms with E-state index < -0.39 is 0 Å². The third kappa shape index (κ3) is 5.50. The van der Waals surface area contributed by atoms with Crippen LogP contribution in [0, 0.1) is 0 Å². The molecule has 2 aromatic heterocycles. The number of carbonyl (C=O) groups excluding carboxylic acids is 1. The lowest BCUT2D eigenvalue weighted by Gasteiger charge is -2.08. The number of nitrogens with zero attached hydrogens (tertiary/aromatic N) is 3. The SMILES string of the molecule is COc1cccc(CCNc2cc(C(=O)NCc3cccnc3)ncn2)c1. The summed E-state index contributed by atoms with van der Waals surface area (Å²) in [4.78, 5) is 24.5. The average molecular weight is 363 g/mol. The van der Waals surface area contributed by atoms with Crippen molar-refractivity contribution in [2.45, 2.75) is 13.0 Å². The molecule has 0 saturated heterocycles. The maximum absolute atomic E-state index is 12.3. The molecule has 138 valence electrons. The van der Waals surface area contributed by atoms with Gasteiger partial charge in [0.1, 0.15) is 23.6 Å². The average Bonchev–Trinajstić information content (AvgIpc) is 2.73. The zero-order valence-electron chi connectivity index (χ0n) is 15.1. The molecule has 1 amide bonds. The topological polar surface area (TPSA) is 89.0 Å². The van der Waals surface area contributed by atoms with Crippen molar-refractivity contribution in [1.29, 1.82) is 0 Å². The summed E-state index contributed by atoms with van der Waals surface area (Å²) in [6, 6.07) is 13.3. The van der Waals surface area contributed by atoms with Gasteiger partial charge < -0.3 is 15.4 Å². The van der Waals surface area contributed by atoms with E-state index in [1.807, 2.05) is 36.4 Å². The van der Waals surface area contributed by atoms with E-state index in [0.29, 0.717) is 24.6 Å². The Hall–Kier alpha value is -3.48. The van der Waals surface area contributed by atoms with Gasteiger partial charge in [-0.2, -0.15) is 0 Å². The number of rotatable bonds is 8. The Bertz CT molecular complexity index is 886. The minimum atomic E-state index is -0.253. The van der Waals surface area contributed by atoms with Gasteiger partial charge in [-0.05, 0) is 35.7 Å². The summed E-state index contributed by atoms with van der Waals surface area (Å²) in [5, 5.41) is 6.04. The Kier molecular flexibility index (Phi) is 6.30. The molecule has 7 heteroatoms. The van der Waals surface area contributed by atoms with Crippen molar-refractivity contribution in [2.24, 2.45) is 0 Å². The highest BCUT2D eigenvalue weighted by Gasteiger charge is 2.08. The quantitative estimate of drug-likeness (QED) is 0.639. The fourth-order valence-electron chi connectivity index (χ4n) is 2.52. The lowest BCUT2D eigenvalue weighted by Crippen LogP contribution is -2.24. The molecular weight excluding hydrogens is 342 g/mol. The number of carbonyl (C=O) groups is 1. The summed E-state index contributed by atoms with van der Waals surface area (Å²) < 4.78 is 5.23. The van der Waals surface area contributed by atoms with Crippen LogP contribution in [0.3, 0.4) is 0 Å². The normalized spacial score (nSPS) is 10.3. The van der Waals surface area contributed by atoms with E-state index in [9.17, 15) is 4.79 Å². The summed E-state index contributed by atoms with van der Waals surface area (Å²) in [6.07, 6.45) is 5.60. The van der Waals surface area contributed by atoms with Gasteiger partial charge in [0.05, 0.1) is 7.11 Å². The second kappa shape index (κ2) is 9.28. The number of ether oxygens (including phenoxy) is 1. The van der Waals surface area contributed by atoms with E-state index in [-0.39, 0.29) is 5.91 Å². The van der Waals surface area contributed by atoms with Gasteiger partial charge >= 0.3 is 0 Å². The van der Waals surface area contributed by atoms with Crippen LogP contribution in [-0.4, -0.2) is 34.5 Å². The minimum absolute atomic E-state index is 0.253. The molecule has 0 unspecified atom stereocenters. The van der Waals surface area contributed by atoms with Crippen molar-refractivity contribution in [1.82, 2.24) is 20.3 Å². The van der Waals surface area contributed by atoms with Crippen molar-refractivity contribution in [3.8, 4) is 5.75 Å². The molecule has 3 aromatic rings. The van der Waals surface area contributed by atoms with Crippen molar-refractivity contribution < 1.29 is 9.53 Å². The lowest BCUT2D eigenvalue weighted by molar-refractivity contribution is 0.0945. The van der Waals surface area contributed by atoms with E-state index in [4.69, 9.17) is 4.74 Å². The second-order valence-corrected chi connectivity index (χ2v) is 5.86. The third-order valence-electron chi connectivity index (χ3n) is 3.93. The van der Waals surface area contributed by atoms with Gasteiger partial charge in [0, 0.05) is 31.5 Å². The molecule has 0 radical (unpaired) electrons. The molecule has 0 aliphatic heterocycles. The van der Waals surface area contributed by atoms with Crippen LogP contribution in [0.2, 0.25) is 0 Å². The van der Waals surface area contributed by atoms with Crippen molar-refractivity contribution in [3.05, 3.63) is 78.0 Å². The van der Waals surface area contributed by atoms with Crippen molar-refractivity contribution in [2.75, 3.05) is 19.0 Å². The molecule has 2 heterocycles. The van der Waals surface area contributed by atoms with Crippen LogP contribution in [-0.2, 0) is 13.0 Å². The Balaban J connectivity index is 1.52. The number of pyridine rings is 1. The molecule has 0 fully saturated rings. The highest BCUT2D eigenvalue weighted by atomic mass is 16.5. The number of anilines is 1. The summed E-state index contributed by atoms with van der Waals surface area (Å²) in [7, 11) is 1.65. The smallest absolute Gasteiger partial charge is 0.270 e. The fourth-order valence-corrected chi connectivity index (χ4v) is 2.52. The maximum atomic E-state index is 12.3. The summed E-state index contributed by atoms with van der Waals surface area (Å²) in [6.45, 7) is 1.08. The zero-order chi connectivity index (χ0) is 18.9. The summed E-state index contributed by atoms with van der Waals surface area (Å²) in [5.74, 6) is 1.19. The first kappa shape index (κ1) is 18.3. The van der Waals surface area contributed by atoms with E-state index in [1.54, 1.807) is 25.6 Å². The van der Waals surface area contributed by atoms with Gasteiger partial charge in [-0.3, -0.25) is 9.78 Å². The van der Waals surface area contributed by atoms with Gasteiger partial charge in [0.25, 0.3) is 5.91 Å². The number of nitrogens with one attached hydrogen (secondary N) is 2.